The Morgan fingerprint density at radius 2 is 2.00 bits per heavy atom. The molecule has 1 heterocycles. The second-order valence-electron chi connectivity index (χ2n) is 4.86. The van der Waals surface area contributed by atoms with E-state index in [1.54, 1.807) is 4.68 Å². The summed E-state index contributed by atoms with van der Waals surface area (Å²) < 4.78 is 1.77. The van der Waals surface area contributed by atoms with E-state index < -0.39 is 0 Å². The number of rotatable bonds is 6. The first-order valence-electron chi connectivity index (χ1n) is 5.73. The van der Waals surface area contributed by atoms with Gasteiger partial charge in [-0.3, -0.25) is 4.68 Å². The molecule has 4 nitrogen and oxygen atoms in total. The van der Waals surface area contributed by atoms with E-state index in [9.17, 15) is 10.2 Å². The zero-order chi connectivity index (χ0) is 12.2. The molecular weight excluding hydrogens is 204 g/mol. The van der Waals surface area contributed by atoms with Crippen molar-refractivity contribution in [3.05, 3.63) is 18.0 Å². The van der Waals surface area contributed by atoms with Gasteiger partial charge >= 0.3 is 0 Å². The average molecular weight is 226 g/mol. The topological polar surface area (TPSA) is 58.3 Å². The number of aryl methyl sites for hydroxylation is 2. The molecule has 0 aromatic carbocycles. The van der Waals surface area contributed by atoms with Crippen molar-refractivity contribution >= 4 is 0 Å². The Kier molecular flexibility index (Phi) is 4.50. The van der Waals surface area contributed by atoms with Crippen LogP contribution in [0.4, 0.5) is 0 Å². The zero-order valence-electron chi connectivity index (χ0n) is 10.3. The summed E-state index contributed by atoms with van der Waals surface area (Å²) in [6.07, 6.45) is 5.43. The maximum atomic E-state index is 9.45. The van der Waals surface area contributed by atoms with E-state index in [0.717, 1.165) is 18.4 Å². The highest BCUT2D eigenvalue weighted by Crippen LogP contribution is 2.31. The minimum atomic E-state index is -0.379. The molecule has 0 atom stereocenters. The van der Waals surface area contributed by atoms with Crippen LogP contribution in [0.3, 0.4) is 0 Å². The SMILES string of the molecule is CC(C)C(CO)(CO)CCc1cnn(C)c1. The summed E-state index contributed by atoms with van der Waals surface area (Å²) >= 11 is 0. The van der Waals surface area contributed by atoms with E-state index in [2.05, 4.69) is 5.10 Å². The van der Waals surface area contributed by atoms with Gasteiger partial charge in [0.05, 0.1) is 19.4 Å². The van der Waals surface area contributed by atoms with Gasteiger partial charge in [0.2, 0.25) is 0 Å². The summed E-state index contributed by atoms with van der Waals surface area (Å²) in [4.78, 5) is 0. The van der Waals surface area contributed by atoms with Crippen LogP contribution in [0, 0.1) is 11.3 Å². The summed E-state index contributed by atoms with van der Waals surface area (Å²) in [5.74, 6) is 0.263. The van der Waals surface area contributed by atoms with E-state index in [1.165, 1.54) is 0 Å². The van der Waals surface area contributed by atoms with Crippen molar-refractivity contribution in [3.63, 3.8) is 0 Å². The van der Waals surface area contributed by atoms with Gasteiger partial charge in [-0.05, 0) is 24.3 Å². The molecule has 16 heavy (non-hydrogen) atoms. The summed E-state index contributed by atoms with van der Waals surface area (Å²) in [6.45, 7) is 4.13. The molecule has 2 N–H and O–H groups in total. The van der Waals surface area contributed by atoms with Crippen LogP contribution in [0.25, 0.3) is 0 Å². The van der Waals surface area contributed by atoms with Crippen LogP contribution in [0.1, 0.15) is 25.8 Å². The van der Waals surface area contributed by atoms with Crippen molar-refractivity contribution in [1.82, 2.24) is 9.78 Å². The number of aromatic nitrogens is 2. The van der Waals surface area contributed by atoms with Crippen molar-refractivity contribution in [3.8, 4) is 0 Å². The predicted octanol–water partition coefficient (Wildman–Crippen LogP) is 0.980. The minimum absolute atomic E-state index is 0.0292. The van der Waals surface area contributed by atoms with E-state index in [4.69, 9.17) is 0 Å². The number of aliphatic hydroxyl groups excluding tert-OH is 2. The monoisotopic (exact) mass is 226 g/mol. The molecule has 0 radical (unpaired) electrons. The molecule has 0 unspecified atom stereocenters. The molecule has 1 rings (SSSR count). The third-order valence-corrected chi connectivity index (χ3v) is 3.52. The van der Waals surface area contributed by atoms with Gasteiger partial charge < -0.3 is 10.2 Å². The summed E-state index contributed by atoms with van der Waals surface area (Å²) in [5, 5.41) is 23.0. The highest BCUT2D eigenvalue weighted by atomic mass is 16.3. The van der Waals surface area contributed by atoms with E-state index in [1.807, 2.05) is 33.3 Å². The highest BCUT2D eigenvalue weighted by Gasteiger charge is 2.32. The number of aliphatic hydroxyl groups is 2. The molecule has 0 aliphatic rings. The van der Waals surface area contributed by atoms with Gasteiger partial charge in [0.25, 0.3) is 0 Å². The van der Waals surface area contributed by atoms with Crippen molar-refractivity contribution < 1.29 is 10.2 Å². The van der Waals surface area contributed by atoms with Crippen LogP contribution in [-0.2, 0) is 13.5 Å². The Labute approximate surface area is 96.9 Å². The van der Waals surface area contributed by atoms with Gasteiger partial charge in [0, 0.05) is 18.7 Å². The molecule has 0 saturated carbocycles. The average Bonchev–Trinajstić information content (AvgIpc) is 2.66. The number of hydrogen-bond donors (Lipinski definition) is 2. The summed E-state index contributed by atoms with van der Waals surface area (Å²) in [7, 11) is 1.89. The minimum Gasteiger partial charge on any atom is -0.396 e. The van der Waals surface area contributed by atoms with Crippen LogP contribution < -0.4 is 0 Å². The number of nitrogens with zero attached hydrogens (tertiary/aromatic N) is 2. The molecule has 92 valence electrons. The molecule has 1 aromatic rings. The largest absolute Gasteiger partial charge is 0.396 e. The van der Waals surface area contributed by atoms with Gasteiger partial charge in [0.15, 0.2) is 0 Å². The maximum absolute atomic E-state index is 9.45. The van der Waals surface area contributed by atoms with Crippen LogP contribution in [-0.4, -0.2) is 33.2 Å². The first kappa shape index (κ1) is 13.2. The van der Waals surface area contributed by atoms with Crippen LogP contribution in [0.2, 0.25) is 0 Å². The molecule has 0 bridgehead atoms. The molecule has 0 spiro atoms. The quantitative estimate of drug-likeness (QED) is 0.760. The second-order valence-corrected chi connectivity index (χ2v) is 4.86. The Morgan fingerprint density at radius 3 is 2.38 bits per heavy atom. The Hall–Kier alpha value is -0.870. The molecule has 0 aliphatic heterocycles. The molecule has 0 saturated heterocycles. The molecule has 4 heteroatoms. The van der Waals surface area contributed by atoms with Crippen LogP contribution in [0.5, 0.6) is 0 Å². The van der Waals surface area contributed by atoms with Gasteiger partial charge in [-0.15, -0.1) is 0 Å². The molecule has 0 fully saturated rings. The first-order chi connectivity index (χ1) is 7.54. The van der Waals surface area contributed by atoms with Gasteiger partial charge in [-0.25, -0.2) is 0 Å². The van der Waals surface area contributed by atoms with E-state index in [0.29, 0.717) is 0 Å². The zero-order valence-corrected chi connectivity index (χ0v) is 10.3. The fraction of sp³-hybridized carbons (Fsp3) is 0.750. The van der Waals surface area contributed by atoms with E-state index >= 15 is 0 Å². The van der Waals surface area contributed by atoms with Crippen LogP contribution in [0.15, 0.2) is 12.4 Å². The van der Waals surface area contributed by atoms with Crippen molar-refractivity contribution in [1.29, 1.82) is 0 Å². The van der Waals surface area contributed by atoms with Crippen LogP contribution >= 0.6 is 0 Å². The lowest BCUT2D eigenvalue weighted by Crippen LogP contribution is -2.36. The molecule has 0 amide bonds. The molecule has 1 aromatic heterocycles. The second kappa shape index (κ2) is 5.46. The third-order valence-electron chi connectivity index (χ3n) is 3.52. The van der Waals surface area contributed by atoms with Crippen molar-refractivity contribution in [2.45, 2.75) is 26.7 Å². The smallest absolute Gasteiger partial charge is 0.0521 e. The predicted molar refractivity (Wildman–Crippen MR) is 63.0 cm³/mol. The number of hydrogen-bond acceptors (Lipinski definition) is 3. The van der Waals surface area contributed by atoms with Crippen molar-refractivity contribution in [2.24, 2.45) is 18.4 Å². The fourth-order valence-electron chi connectivity index (χ4n) is 1.86. The maximum Gasteiger partial charge on any atom is 0.0521 e. The lowest BCUT2D eigenvalue weighted by Gasteiger charge is -2.33. The van der Waals surface area contributed by atoms with E-state index in [-0.39, 0.29) is 24.5 Å². The normalized spacial score (nSPS) is 12.4. The third kappa shape index (κ3) is 2.83. The highest BCUT2D eigenvalue weighted by molar-refractivity contribution is 5.04. The lowest BCUT2D eigenvalue weighted by molar-refractivity contribution is 0.00920. The van der Waals surface area contributed by atoms with Gasteiger partial charge in [0.1, 0.15) is 0 Å². The first-order valence-corrected chi connectivity index (χ1v) is 5.73. The Bertz CT molecular complexity index is 317. The standard InChI is InChI=1S/C12H22N2O2/c1-10(2)12(8-15,9-16)5-4-11-6-13-14(3)7-11/h6-7,10,15-16H,4-5,8-9H2,1-3H3. The van der Waals surface area contributed by atoms with Gasteiger partial charge in [-0.2, -0.15) is 5.10 Å². The summed E-state index contributed by atoms with van der Waals surface area (Å²) in [6, 6.07) is 0. The molecule has 0 aliphatic carbocycles. The molecular formula is C12H22N2O2. The fourth-order valence-corrected chi connectivity index (χ4v) is 1.86. The summed E-state index contributed by atoms with van der Waals surface area (Å²) in [5.41, 5.74) is 0.768. The lowest BCUT2D eigenvalue weighted by atomic mass is 9.74. The van der Waals surface area contributed by atoms with Gasteiger partial charge in [-0.1, -0.05) is 13.8 Å². The van der Waals surface area contributed by atoms with Crippen molar-refractivity contribution in [2.75, 3.05) is 13.2 Å². The Morgan fingerprint density at radius 1 is 1.38 bits per heavy atom. The Balaban J connectivity index is 2.63.